The molecule has 7 nitrogen and oxygen atoms in total. The highest BCUT2D eigenvalue weighted by atomic mass is 19.3. The third-order valence-corrected chi connectivity index (χ3v) is 5.12. The van der Waals surface area contributed by atoms with E-state index < -0.39 is 12.0 Å². The predicted molar refractivity (Wildman–Crippen MR) is 103 cm³/mol. The van der Waals surface area contributed by atoms with Crippen LogP contribution in [-0.4, -0.2) is 85.8 Å². The summed E-state index contributed by atoms with van der Waals surface area (Å²) in [4.78, 5) is 15.0. The lowest BCUT2D eigenvalue weighted by molar-refractivity contribution is -0.124. The monoisotopic (exact) mass is 413 g/mol. The van der Waals surface area contributed by atoms with Crippen molar-refractivity contribution in [3.8, 4) is 11.5 Å². The van der Waals surface area contributed by atoms with Gasteiger partial charge in [0, 0.05) is 32.6 Å². The molecule has 29 heavy (non-hydrogen) atoms. The lowest BCUT2D eigenvalue weighted by Gasteiger charge is -2.32. The van der Waals surface area contributed by atoms with Gasteiger partial charge in [0.2, 0.25) is 5.91 Å². The van der Waals surface area contributed by atoms with Crippen LogP contribution in [0.25, 0.3) is 0 Å². The molecule has 0 spiro atoms. The number of carbonyl (C=O) groups is 1. The molecule has 1 unspecified atom stereocenters. The van der Waals surface area contributed by atoms with Gasteiger partial charge in [-0.1, -0.05) is 6.07 Å². The number of rotatable bonds is 8. The van der Waals surface area contributed by atoms with Gasteiger partial charge < -0.3 is 19.9 Å². The fourth-order valence-corrected chi connectivity index (χ4v) is 3.75. The van der Waals surface area contributed by atoms with Crippen molar-refractivity contribution < 1.29 is 28.2 Å². The van der Waals surface area contributed by atoms with Gasteiger partial charge in [-0.25, -0.2) is 8.78 Å². The Morgan fingerprint density at radius 1 is 1.28 bits per heavy atom. The number of methoxy groups -OCH3 is 1. The van der Waals surface area contributed by atoms with Gasteiger partial charge >= 0.3 is 0 Å². The first kappa shape index (κ1) is 21.7. The number of hydrogen-bond donors (Lipinski definition) is 2. The van der Waals surface area contributed by atoms with Crippen LogP contribution < -0.4 is 14.8 Å². The van der Waals surface area contributed by atoms with Crippen LogP contribution in [0.2, 0.25) is 0 Å². The summed E-state index contributed by atoms with van der Waals surface area (Å²) in [6.07, 6.45) is -0.313. The second-order valence-electron chi connectivity index (χ2n) is 7.71. The highest BCUT2D eigenvalue weighted by molar-refractivity contribution is 5.78. The second-order valence-corrected chi connectivity index (χ2v) is 7.71. The Balaban J connectivity index is 1.52. The summed E-state index contributed by atoms with van der Waals surface area (Å²) < 4.78 is 38.3. The number of halogens is 2. The molecule has 2 heterocycles. The number of β-amino-alcohol motifs (C(OH)–C–C–N with tert-alkyl or cyclic N) is 1. The van der Waals surface area contributed by atoms with Crippen molar-refractivity contribution in [2.24, 2.45) is 0 Å². The zero-order valence-electron chi connectivity index (χ0n) is 16.7. The van der Waals surface area contributed by atoms with Crippen molar-refractivity contribution in [2.75, 3.05) is 53.0 Å². The standard InChI is InChI=1S/C20H29F2N3O4/c1-28-18-9-15(10-25-7-2-5-20(21,22)14-25)3-4-17(18)29-13-16(26)11-24-8-6-23-19(27)12-24/h3-4,9,16,26H,2,5-8,10-14H2,1H3,(H,23,27). The summed E-state index contributed by atoms with van der Waals surface area (Å²) in [6.45, 7) is 2.78. The van der Waals surface area contributed by atoms with Crippen LogP contribution in [-0.2, 0) is 11.3 Å². The van der Waals surface area contributed by atoms with Crippen molar-refractivity contribution in [1.82, 2.24) is 15.1 Å². The molecule has 0 aromatic heterocycles. The summed E-state index contributed by atoms with van der Waals surface area (Å²) in [5, 5.41) is 13.0. The fraction of sp³-hybridized carbons (Fsp3) is 0.650. The number of nitrogens with one attached hydrogen (secondary N) is 1. The average Bonchev–Trinajstić information content (AvgIpc) is 2.66. The van der Waals surface area contributed by atoms with E-state index in [1.54, 1.807) is 17.0 Å². The topological polar surface area (TPSA) is 74.3 Å². The number of aliphatic hydroxyl groups is 1. The van der Waals surface area contributed by atoms with E-state index >= 15 is 0 Å². The van der Waals surface area contributed by atoms with Gasteiger partial charge in [0.1, 0.15) is 12.7 Å². The number of nitrogens with zero attached hydrogens (tertiary/aromatic N) is 2. The van der Waals surface area contributed by atoms with E-state index in [4.69, 9.17) is 9.47 Å². The van der Waals surface area contributed by atoms with E-state index in [1.165, 1.54) is 7.11 Å². The third-order valence-electron chi connectivity index (χ3n) is 5.12. The van der Waals surface area contributed by atoms with Crippen molar-refractivity contribution in [3.63, 3.8) is 0 Å². The highest BCUT2D eigenvalue weighted by Gasteiger charge is 2.35. The molecule has 2 N–H and O–H groups in total. The number of benzene rings is 1. The number of piperidine rings is 1. The number of likely N-dealkylation sites (tertiary alicyclic amines) is 1. The number of piperazine rings is 1. The van der Waals surface area contributed by atoms with E-state index in [9.17, 15) is 18.7 Å². The number of hydrogen-bond acceptors (Lipinski definition) is 6. The van der Waals surface area contributed by atoms with E-state index in [0.717, 1.165) is 5.56 Å². The Morgan fingerprint density at radius 2 is 2.10 bits per heavy atom. The zero-order valence-corrected chi connectivity index (χ0v) is 16.7. The molecule has 1 amide bonds. The normalized spacial score (nSPS) is 21.4. The van der Waals surface area contributed by atoms with Gasteiger partial charge in [-0.2, -0.15) is 0 Å². The summed E-state index contributed by atoms with van der Waals surface area (Å²) in [6, 6.07) is 5.34. The Kier molecular flexibility index (Phi) is 7.26. The van der Waals surface area contributed by atoms with Crippen molar-refractivity contribution >= 4 is 5.91 Å². The highest BCUT2D eigenvalue weighted by Crippen LogP contribution is 2.31. The minimum Gasteiger partial charge on any atom is -0.493 e. The van der Waals surface area contributed by atoms with Crippen LogP contribution in [0.3, 0.4) is 0 Å². The van der Waals surface area contributed by atoms with Crippen molar-refractivity contribution in [2.45, 2.75) is 31.4 Å². The van der Waals surface area contributed by atoms with E-state index in [1.807, 2.05) is 11.0 Å². The van der Waals surface area contributed by atoms with Crippen LogP contribution in [0.5, 0.6) is 11.5 Å². The van der Waals surface area contributed by atoms with E-state index in [-0.39, 0.29) is 32.0 Å². The molecule has 2 fully saturated rings. The minimum absolute atomic E-state index is 0.0481. The van der Waals surface area contributed by atoms with Crippen LogP contribution in [0, 0.1) is 0 Å². The Labute approximate surface area is 169 Å². The molecule has 1 atom stereocenters. The van der Waals surface area contributed by atoms with Gasteiger partial charge in [-0.3, -0.25) is 14.6 Å². The number of carbonyl (C=O) groups excluding carboxylic acids is 1. The number of ether oxygens (including phenoxy) is 2. The summed E-state index contributed by atoms with van der Waals surface area (Å²) in [5.41, 5.74) is 0.867. The number of alkyl halides is 2. The quantitative estimate of drug-likeness (QED) is 0.665. The van der Waals surface area contributed by atoms with Gasteiger partial charge in [0.05, 0.1) is 20.2 Å². The van der Waals surface area contributed by atoms with Crippen LogP contribution in [0.4, 0.5) is 8.78 Å². The molecule has 2 aliphatic heterocycles. The maximum Gasteiger partial charge on any atom is 0.260 e. The number of aliphatic hydroxyl groups excluding tert-OH is 1. The van der Waals surface area contributed by atoms with Crippen molar-refractivity contribution in [1.29, 1.82) is 0 Å². The third kappa shape index (κ3) is 6.52. The Bertz CT molecular complexity index is 704. The second kappa shape index (κ2) is 9.69. The summed E-state index contributed by atoms with van der Waals surface area (Å²) in [7, 11) is 1.52. The molecule has 1 aromatic carbocycles. The molecule has 1 aromatic rings. The molecule has 2 saturated heterocycles. The molecule has 0 aliphatic carbocycles. The maximum atomic E-state index is 13.6. The van der Waals surface area contributed by atoms with Gasteiger partial charge in [-0.05, 0) is 30.7 Å². The van der Waals surface area contributed by atoms with Gasteiger partial charge in [0.15, 0.2) is 11.5 Å². The van der Waals surface area contributed by atoms with Crippen LogP contribution >= 0.6 is 0 Å². The predicted octanol–water partition coefficient (Wildman–Crippen LogP) is 1.10. The first-order valence-corrected chi connectivity index (χ1v) is 9.92. The van der Waals surface area contributed by atoms with Crippen LogP contribution in [0.1, 0.15) is 18.4 Å². The minimum atomic E-state index is -2.63. The molecular weight excluding hydrogens is 384 g/mol. The lowest BCUT2D eigenvalue weighted by Crippen LogP contribution is -2.50. The number of amides is 1. The van der Waals surface area contributed by atoms with Crippen molar-refractivity contribution in [3.05, 3.63) is 23.8 Å². The van der Waals surface area contributed by atoms with Crippen LogP contribution in [0.15, 0.2) is 18.2 Å². The molecule has 0 bridgehead atoms. The lowest BCUT2D eigenvalue weighted by atomic mass is 10.1. The SMILES string of the molecule is COc1cc(CN2CCCC(F)(F)C2)ccc1OCC(O)CN1CCNC(=O)C1. The van der Waals surface area contributed by atoms with Gasteiger partial charge in [-0.15, -0.1) is 0 Å². The van der Waals surface area contributed by atoms with E-state index in [2.05, 4.69) is 5.32 Å². The molecule has 0 radical (unpaired) electrons. The molecule has 162 valence electrons. The maximum absolute atomic E-state index is 13.6. The molecule has 2 aliphatic rings. The average molecular weight is 413 g/mol. The first-order valence-electron chi connectivity index (χ1n) is 9.92. The first-order chi connectivity index (χ1) is 13.8. The van der Waals surface area contributed by atoms with Gasteiger partial charge in [0.25, 0.3) is 5.92 Å². The van der Waals surface area contributed by atoms with E-state index in [0.29, 0.717) is 50.6 Å². The molecule has 9 heteroatoms. The molecular formula is C20H29F2N3O4. The zero-order chi connectivity index (χ0) is 20.9. The molecule has 0 saturated carbocycles. The Morgan fingerprint density at radius 3 is 2.83 bits per heavy atom. The Hall–Kier alpha value is -1.97. The summed E-state index contributed by atoms with van der Waals surface area (Å²) >= 11 is 0. The fourth-order valence-electron chi connectivity index (χ4n) is 3.75. The largest absolute Gasteiger partial charge is 0.493 e. The summed E-state index contributed by atoms with van der Waals surface area (Å²) in [5.74, 6) is -1.70. The molecule has 3 rings (SSSR count). The smallest absolute Gasteiger partial charge is 0.260 e.